The number of carbonyl (C=O) groups is 2. The molecule has 1 saturated heterocycles. The molecule has 2 aromatic rings. The molecule has 0 saturated carbocycles. The maximum atomic E-state index is 12.7. The Balaban J connectivity index is 1.68. The SMILES string of the molecule is CC(=O)NC1CCN(C(=O)c2ccc(-c3ncccc3C#N)cc2)CC1. The van der Waals surface area contributed by atoms with E-state index in [2.05, 4.69) is 16.4 Å². The lowest BCUT2D eigenvalue weighted by Gasteiger charge is -2.32. The zero-order valence-electron chi connectivity index (χ0n) is 14.6. The first-order valence-corrected chi connectivity index (χ1v) is 8.60. The summed E-state index contributed by atoms with van der Waals surface area (Å²) >= 11 is 0. The lowest BCUT2D eigenvalue weighted by Crippen LogP contribution is -2.46. The van der Waals surface area contributed by atoms with Crippen molar-refractivity contribution in [2.75, 3.05) is 13.1 Å². The van der Waals surface area contributed by atoms with Crippen LogP contribution in [-0.2, 0) is 4.79 Å². The fourth-order valence-corrected chi connectivity index (χ4v) is 3.19. The highest BCUT2D eigenvalue weighted by Gasteiger charge is 2.24. The number of aromatic nitrogens is 1. The first kappa shape index (κ1) is 17.6. The molecule has 1 aromatic heterocycles. The molecule has 1 N–H and O–H groups in total. The summed E-state index contributed by atoms with van der Waals surface area (Å²) in [7, 11) is 0. The van der Waals surface area contributed by atoms with Crippen LogP contribution in [0.5, 0.6) is 0 Å². The zero-order valence-corrected chi connectivity index (χ0v) is 14.6. The molecule has 0 atom stereocenters. The normalized spacial score (nSPS) is 14.5. The number of nitrogens with zero attached hydrogens (tertiary/aromatic N) is 3. The first-order valence-electron chi connectivity index (χ1n) is 8.60. The lowest BCUT2D eigenvalue weighted by molar-refractivity contribution is -0.119. The number of nitriles is 1. The number of hydrogen-bond donors (Lipinski definition) is 1. The summed E-state index contributed by atoms with van der Waals surface area (Å²) in [5.74, 6) is -0.0454. The minimum Gasteiger partial charge on any atom is -0.353 e. The Bertz CT molecular complexity index is 847. The van der Waals surface area contributed by atoms with E-state index < -0.39 is 0 Å². The average molecular weight is 348 g/mol. The molecule has 6 nitrogen and oxygen atoms in total. The second kappa shape index (κ2) is 7.79. The maximum Gasteiger partial charge on any atom is 0.253 e. The van der Waals surface area contributed by atoms with Crippen LogP contribution < -0.4 is 5.32 Å². The Labute approximate surface area is 152 Å². The minimum atomic E-state index is -0.0309. The van der Waals surface area contributed by atoms with Crippen molar-refractivity contribution >= 4 is 11.8 Å². The minimum absolute atomic E-state index is 0.0145. The van der Waals surface area contributed by atoms with Gasteiger partial charge in [-0.2, -0.15) is 5.26 Å². The first-order chi connectivity index (χ1) is 12.6. The molecular weight excluding hydrogens is 328 g/mol. The van der Waals surface area contributed by atoms with Crippen molar-refractivity contribution in [1.82, 2.24) is 15.2 Å². The van der Waals surface area contributed by atoms with E-state index in [1.807, 2.05) is 17.0 Å². The molecule has 3 rings (SSSR count). The van der Waals surface area contributed by atoms with Gasteiger partial charge in [-0.15, -0.1) is 0 Å². The molecule has 0 aliphatic carbocycles. The summed E-state index contributed by atoms with van der Waals surface area (Å²) in [6.07, 6.45) is 3.18. The Morgan fingerprint density at radius 1 is 1.19 bits per heavy atom. The van der Waals surface area contributed by atoms with Gasteiger partial charge in [0.15, 0.2) is 0 Å². The monoisotopic (exact) mass is 348 g/mol. The average Bonchev–Trinajstić information content (AvgIpc) is 2.67. The van der Waals surface area contributed by atoms with Gasteiger partial charge in [-0.1, -0.05) is 12.1 Å². The molecule has 2 heterocycles. The van der Waals surface area contributed by atoms with E-state index in [0.29, 0.717) is 29.9 Å². The maximum absolute atomic E-state index is 12.7. The van der Waals surface area contributed by atoms with Crippen molar-refractivity contribution in [2.45, 2.75) is 25.8 Å². The molecule has 2 amide bonds. The van der Waals surface area contributed by atoms with E-state index in [-0.39, 0.29) is 17.9 Å². The summed E-state index contributed by atoms with van der Waals surface area (Å²) in [6.45, 7) is 2.77. The molecule has 0 spiro atoms. The molecule has 0 radical (unpaired) electrons. The second-order valence-electron chi connectivity index (χ2n) is 6.36. The number of pyridine rings is 1. The van der Waals surface area contributed by atoms with E-state index >= 15 is 0 Å². The summed E-state index contributed by atoms with van der Waals surface area (Å²) in [5, 5.41) is 12.1. The summed E-state index contributed by atoms with van der Waals surface area (Å²) in [5.41, 5.74) is 2.54. The lowest BCUT2D eigenvalue weighted by atomic mass is 10.0. The van der Waals surface area contributed by atoms with Gasteiger partial charge in [0, 0.05) is 43.4 Å². The van der Waals surface area contributed by atoms with Crippen LogP contribution in [0.3, 0.4) is 0 Å². The van der Waals surface area contributed by atoms with Crippen molar-refractivity contribution in [3.8, 4) is 17.3 Å². The second-order valence-corrected chi connectivity index (χ2v) is 6.36. The molecule has 26 heavy (non-hydrogen) atoms. The predicted octanol–water partition coefficient (Wildman–Crippen LogP) is 2.36. The number of hydrogen-bond acceptors (Lipinski definition) is 4. The molecule has 1 aromatic carbocycles. The van der Waals surface area contributed by atoms with Crippen LogP contribution in [-0.4, -0.2) is 40.8 Å². The van der Waals surface area contributed by atoms with E-state index in [4.69, 9.17) is 0 Å². The van der Waals surface area contributed by atoms with Crippen molar-refractivity contribution in [3.05, 3.63) is 53.7 Å². The number of likely N-dealkylation sites (tertiary alicyclic amines) is 1. The number of benzene rings is 1. The van der Waals surface area contributed by atoms with E-state index in [9.17, 15) is 14.9 Å². The van der Waals surface area contributed by atoms with Crippen LogP contribution in [0.25, 0.3) is 11.3 Å². The highest BCUT2D eigenvalue weighted by atomic mass is 16.2. The van der Waals surface area contributed by atoms with Gasteiger partial charge >= 0.3 is 0 Å². The van der Waals surface area contributed by atoms with Crippen molar-refractivity contribution in [3.63, 3.8) is 0 Å². The largest absolute Gasteiger partial charge is 0.353 e. The van der Waals surface area contributed by atoms with Gasteiger partial charge in [0.05, 0.1) is 11.3 Å². The van der Waals surface area contributed by atoms with Gasteiger partial charge in [0.25, 0.3) is 5.91 Å². The van der Waals surface area contributed by atoms with E-state index in [0.717, 1.165) is 18.4 Å². The van der Waals surface area contributed by atoms with Crippen molar-refractivity contribution < 1.29 is 9.59 Å². The van der Waals surface area contributed by atoms with Gasteiger partial charge < -0.3 is 10.2 Å². The number of carbonyl (C=O) groups excluding carboxylic acids is 2. The van der Waals surface area contributed by atoms with Crippen LogP contribution in [0.1, 0.15) is 35.7 Å². The van der Waals surface area contributed by atoms with E-state index in [1.54, 1.807) is 30.5 Å². The zero-order chi connectivity index (χ0) is 18.5. The van der Waals surface area contributed by atoms with Crippen molar-refractivity contribution in [1.29, 1.82) is 5.26 Å². The van der Waals surface area contributed by atoms with Crippen LogP contribution in [0.2, 0.25) is 0 Å². The number of rotatable bonds is 3. The Hall–Kier alpha value is -3.20. The van der Waals surface area contributed by atoms with Crippen LogP contribution in [0.15, 0.2) is 42.6 Å². The molecule has 6 heteroatoms. The Kier molecular flexibility index (Phi) is 5.28. The highest BCUT2D eigenvalue weighted by Crippen LogP contribution is 2.22. The molecule has 0 unspecified atom stereocenters. The fourth-order valence-electron chi connectivity index (χ4n) is 3.19. The van der Waals surface area contributed by atoms with Gasteiger partial charge in [-0.3, -0.25) is 14.6 Å². The molecular formula is C20H20N4O2. The van der Waals surface area contributed by atoms with E-state index in [1.165, 1.54) is 6.92 Å². The highest BCUT2D eigenvalue weighted by molar-refractivity contribution is 5.94. The Morgan fingerprint density at radius 3 is 2.50 bits per heavy atom. The fraction of sp³-hybridized carbons (Fsp3) is 0.300. The topological polar surface area (TPSA) is 86.1 Å². The van der Waals surface area contributed by atoms with Gasteiger partial charge in [0.2, 0.25) is 5.91 Å². The quantitative estimate of drug-likeness (QED) is 0.922. The number of piperidine rings is 1. The predicted molar refractivity (Wildman–Crippen MR) is 97.1 cm³/mol. The summed E-state index contributed by atoms with van der Waals surface area (Å²) < 4.78 is 0. The standard InChI is InChI=1S/C20H20N4O2/c1-14(25)23-18-8-11-24(12-9-18)20(26)16-6-4-15(5-7-16)19-17(13-21)3-2-10-22-19/h2-7,10,18H,8-9,11-12H2,1H3,(H,23,25). The smallest absolute Gasteiger partial charge is 0.253 e. The molecule has 132 valence electrons. The third kappa shape index (κ3) is 3.89. The van der Waals surface area contributed by atoms with Crippen LogP contribution in [0, 0.1) is 11.3 Å². The molecule has 1 aliphatic rings. The molecule has 0 bridgehead atoms. The molecule has 1 fully saturated rings. The third-order valence-corrected chi connectivity index (χ3v) is 4.52. The van der Waals surface area contributed by atoms with Gasteiger partial charge in [-0.05, 0) is 37.1 Å². The van der Waals surface area contributed by atoms with Crippen molar-refractivity contribution in [2.24, 2.45) is 0 Å². The summed E-state index contributed by atoms with van der Waals surface area (Å²) in [6, 6.07) is 12.9. The number of amides is 2. The van der Waals surface area contributed by atoms with Crippen LogP contribution >= 0.6 is 0 Å². The van der Waals surface area contributed by atoms with Gasteiger partial charge in [-0.25, -0.2) is 0 Å². The number of nitrogens with one attached hydrogen (secondary N) is 1. The van der Waals surface area contributed by atoms with Crippen LogP contribution in [0.4, 0.5) is 0 Å². The third-order valence-electron chi connectivity index (χ3n) is 4.52. The Morgan fingerprint density at radius 2 is 1.88 bits per heavy atom. The summed E-state index contributed by atoms with van der Waals surface area (Å²) in [4.78, 5) is 29.9. The van der Waals surface area contributed by atoms with Gasteiger partial charge in [0.1, 0.15) is 6.07 Å². The molecule has 1 aliphatic heterocycles.